The molecule has 9 fully saturated rings. The highest BCUT2D eigenvalue weighted by Gasteiger charge is 2.84. The number of hydrogen-bond acceptors (Lipinski definition) is 0. The van der Waals surface area contributed by atoms with E-state index in [1.165, 1.54) is 94.7 Å². The lowest BCUT2D eigenvalue weighted by Crippen LogP contribution is -2.84. The molecule has 0 amide bonds. The van der Waals surface area contributed by atoms with Gasteiger partial charge in [-0.2, -0.15) is 0 Å². The molecule has 0 aliphatic heterocycles. The Morgan fingerprint density at radius 3 is 1.67 bits per heavy atom. The van der Waals surface area contributed by atoms with Crippen molar-refractivity contribution in [3.05, 3.63) is 0 Å². The molecule has 0 N–H and O–H groups in total. The van der Waals surface area contributed by atoms with Gasteiger partial charge in [-0.15, -0.1) is 0 Å². The summed E-state index contributed by atoms with van der Waals surface area (Å²) in [4.78, 5) is 0. The topological polar surface area (TPSA) is 0 Å². The van der Waals surface area contributed by atoms with Crippen LogP contribution in [0.3, 0.4) is 0 Å². The van der Waals surface area contributed by atoms with E-state index in [4.69, 9.17) is 0 Å². The first-order valence-electron chi connectivity index (χ1n) is 11.8. The number of fused-ring (bicyclic) bond motifs is 17. The molecule has 18 atom stereocenters. The highest BCUT2D eigenvalue weighted by molar-refractivity contribution is 5.31. The molecule has 128 valence electrons. The molecule has 18 unspecified atom stereocenters. The summed E-state index contributed by atoms with van der Waals surface area (Å²) in [5.74, 6) is 22.2. The highest BCUT2D eigenvalue weighted by atomic mass is 14.9. The predicted molar refractivity (Wildman–Crippen MR) is 92.6 cm³/mol. The maximum absolute atomic E-state index is 2.69. The monoisotopic (exact) mass is 320 g/mol. The standard InChI is InChI=1S/C24H32/c1-7-5-11-14(7)22-20(11)21-13-6-12(17(13)24(21)22)15-8(2)16-18-9-3-4-10(9)19(18)23(15)16/h7-24H,3-6H2,1-2H3. The van der Waals surface area contributed by atoms with Crippen LogP contribution in [0.2, 0.25) is 0 Å². The highest BCUT2D eigenvalue weighted by Crippen LogP contribution is 2.88. The molecule has 0 aromatic carbocycles. The van der Waals surface area contributed by atoms with E-state index in [2.05, 4.69) is 13.8 Å². The van der Waals surface area contributed by atoms with E-state index in [0.29, 0.717) is 0 Å². The van der Waals surface area contributed by atoms with Crippen molar-refractivity contribution in [2.75, 3.05) is 0 Å². The van der Waals surface area contributed by atoms with Crippen molar-refractivity contribution in [3.63, 3.8) is 0 Å². The summed E-state index contributed by atoms with van der Waals surface area (Å²) in [5.41, 5.74) is 0. The van der Waals surface area contributed by atoms with Gasteiger partial charge in [0.1, 0.15) is 0 Å². The molecule has 0 heteroatoms. The van der Waals surface area contributed by atoms with Crippen molar-refractivity contribution < 1.29 is 0 Å². The van der Waals surface area contributed by atoms with Crippen LogP contribution in [0.4, 0.5) is 0 Å². The molecular weight excluding hydrogens is 288 g/mol. The van der Waals surface area contributed by atoms with Crippen LogP contribution in [0.25, 0.3) is 0 Å². The van der Waals surface area contributed by atoms with E-state index in [-0.39, 0.29) is 0 Å². The Morgan fingerprint density at radius 2 is 0.958 bits per heavy atom. The van der Waals surface area contributed by atoms with Crippen molar-refractivity contribution >= 4 is 0 Å². The Labute approximate surface area is 146 Å². The SMILES string of the molecule is CC1CC2C1C1C2C2C3CC(C4C(C)C5C6C7CCC7C6C45)C3C21. The summed E-state index contributed by atoms with van der Waals surface area (Å²) >= 11 is 0. The van der Waals surface area contributed by atoms with Gasteiger partial charge in [0.2, 0.25) is 0 Å². The van der Waals surface area contributed by atoms with E-state index in [9.17, 15) is 0 Å². The third-order valence-electron chi connectivity index (χ3n) is 13.3. The fraction of sp³-hybridized carbons (Fsp3) is 1.00. The fourth-order valence-corrected chi connectivity index (χ4v) is 12.7. The smallest absolute Gasteiger partial charge is 0.0312 e. The van der Waals surface area contributed by atoms with Crippen molar-refractivity contribution in [2.24, 2.45) is 107 Å². The Bertz CT molecular complexity index is 674. The molecule has 0 radical (unpaired) electrons. The van der Waals surface area contributed by atoms with Crippen LogP contribution in [0, 0.1) is 107 Å². The van der Waals surface area contributed by atoms with Gasteiger partial charge in [-0.05, 0) is 132 Å². The van der Waals surface area contributed by atoms with Crippen LogP contribution in [0.1, 0.15) is 39.5 Å². The van der Waals surface area contributed by atoms with Crippen molar-refractivity contribution in [1.29, 1.82) is 0 Å². The quantitative estimate of drug-likeness (QED) is 0.609. The summed E-state index contributed by atoms with van der Waals surface area (Å²) < 4.78 is 0. The third kappa shape index (κ3) is 0.880. The van der Waals surface area contributed by atoms with Crippen LogP contribution in [-0.2, 0) is 0 Å². The minimum Gasteiger partial charge on any atom is -0.0622 e. The number of rotatable bonds is 1. The second kappa shape index (κ2) is 3.31. The minimum absolute atomic E-state index is 1.11. The maximum atomic E-state index is 2.69. The van der Waals surface area contributed by atoms with Gasteiger partial charge in [0.05, 0.1) is 0 Å². The second-order valence-electron chi connectivity index (χ2n) is 12.6. The average molecular weight is 321 g/mol. The Kier molecular flexibility index (Phi) is 1.71. The lowest BCUT2D eigenvalue weighted by molar-refractivity contribution is -0.413. The zero-order valence-corrected chi connectivity index (χ0v) is 15.2. The average Bonchev–Trinajstić information content (AvgIpc) is 2.50. The van der Waals surface area contributed by atoms with Gasteiger partial charge in [0.25, 0.3) is 0 Å². The molecule has 0 saturated heterocycles. The maximum Gasteiger partial charge on any atom is -0.0312 e. The first-order chi connectivity index (χ1) is 11.8. The summed E-state index contributed by atoms with van der Waals surface area (Å²) in [5, 5.41) is 0. The van der Waals surface area contributed by atoms with Gasteiger partial charge in [-0.1, -0.05) is 13.8 Å². The van der Waals surface area contributed by atoms with Crippen LogP contribution in [-0.4, -0.2) is 0 Å². The largest absolute Gasteiger partial charge is 0.0622 e. The summed E-state index contributed by atoms with van der Waals surface area (Å²) in [6, 6.07) is 0. The first-order valence-corrected chi connectivity index (χ1v) is 11.8. The molecule has 24 heavy (non-hydrogen) atoms. The predicted octanol–water partition coefficient (Wildman–Crippen LogP) is 4.80. The van der Waals surface area contributed by atoms with E-state index in [0.717, 1.165) is 11.8 Å². The zero-order valence-electron chi connectivity index (χ0n) is 15.2. The van der Waals surface area contributed by atoms with Crippen LogP contribution in [0.15, 0.2) is 0 Å². The molecule has 0 bridgehead atoms. The lowest BCUT2D eigenvalue weighted by atomic mass is 9.16. The van der Waals surface area contributed by atoms with Gasteiger partial charge in [0.15, 0.2) is 0 Å². The summed E-state index contributed by atoms with van der Waals surface area (Å²) in [6.45, 7) is 5.26. The molecule has 0 aromatic rings. The third-order valence-corrected chi connectivity index (χ3v) is 13.3. The Hall–Kier alpha value is 0. The van der Waals surface area contributed by atoms with Gasteiger partial charge < -0.3 is 0 Å². The normalized spacial score (nSPS) is 85.2. The summed E-state index contributed by atoms with van der Waals surface area (Å²) in [7, 11) is 0. The van der Waals surface area contributed by atoms with E-state index in [1.54, 1.807) is 25.7 Å². The van der Waals surface area contributed by atoms with E-state index < -0.39 is 0 Å². The van der Waals surface area contributed by atoms with Crippen molar-refractivity contribution in [3.8, 4) is 0 Å². The van der Waals surface area contributed by atoms with Crippen LogP contribution < -0.4 is 0 Å². The second-order valence-corrected chi connectivity index (χ2v) is 12.6. The molecule has 9 aliphatic rings. The van der Waals surface area contributed by atoms with Crippen molar-refractivity contribution in [1.82, 2.24) is 0 Å². The molecular formula is C24H32. The van der Waals surface area contributed by atoms with E-state index >= 15 is 0 Å². The molecule has 0 aromatic heterocycles. The van der Waals surface area contributed by atoms with Gasteiger partial charge in [-0.25, -0.2) is 0 Å². The molecule has 9 rings (SSSR count). The lowest BCUT2D eigenvalue weighted by Gasteiger charge is -2.88. The molecule has 0 heterocycles. The first kappa shape index (κ1) is 12.4. The fourth-order valence-electron chi connectivity index (χ4n) is 12.7. The van der Waals surface area contributed by atoms with Crippen LogP contribution in [0.5, 0.6) is 0 Å². The Morgan fingerprint density at radius 1 is 0.417 bits per heavy atom. The van der Waals surface area contributed by atoms with Gasteiger partial charge >= 0.3 is 0 Å². The summed E-state index contributed by atoms with van der Waals surface area (Å²) in [6.07, 6.45) is 6.56. The number of hydrogen-bond donors (Lipinski definition) is 0. The Balaban J connectivity index is 0.985. The van der Waals surface area contributed by atoms with Crippen molar-refractivity contribution in [2.45, 2.75) is 39.5 Å². The molecule has 0 nitrogen and oxygen atoms in total. The molecule has 9 saturated carbocycles. The molecule has 9 aliphatic carbocycles. The van der Waals surface area contributed by atoms with Crippen LogP contribution >= 0.6 is 0 Å². The van der Waals surface area contributed by atoms with E-state index in [1.807, 2.05) is 0 Å². The zero-order chi connectivity index (χ0) is 15.2. The minimum atomic E-state index is 1.11. The van der Waals surface area contributed by atoms with Gasteiger partial charge in [-0.3, -0.25) is 0 Å². The van der Waals surface area contributed by atoms with Gasteiger partial charge in [0, 0.05) is 0 Å². The molecule has 0 spiro atoms.